The monoisotopic (exact) mass is 186 g/mol. The number of amides is 1. The van der Waals surface area contributed by atoms with E-state index in [1.54, 1.807) is 0 Å². The van der Waals surface area contributed by atoms with Gasteiger partial charge in [0, 0.05) is 19.1 Å². The number of likely N-dealkylation sites (tertiary alicyclic amines) is 1. The van der Waals surface area contributed by atoms with Crippen LogP contribution in [0.5, 0.6) is 0 Å². The third-order valence-corrected chi connectivity index (χ3v) is 2.42. The molecule has 1 aliphatic heterocycles. The molecule has 13 heavy (non-hydrogen) atoms. The molecule has 1 saturated heterocycles. The fourth-order valence-electron chi connectivity index (χ4n) is 1.54. The van der Waals surface area contributed by atoms with Gasteiger partial charge < -0.3 is 10.2 Å². The van der Waals surface area contributed by atoms with Crippen LogP contribution in [0.4, 0.5) is 4.39 Å². The Morgan fingerprint density at radius 2 is 2.08 bits per heavy atom. The minimum Gasteiger partial charge on any atom is -0.337 e. The van der Waals surface area contributed by atoms with Gasteiger partial charge in [-0.1, -0.05) is 6.58 Å². The van der Waals surface area contributed by atoms with Gasteiger partial charge in [-0.15, -0.1) is 0 Å². The molecule has 1 heterocycles. The molecule has 1 rings (SSSR count). The summed E-state index contributed by atoms with van der Waals surface area (Å²) in [5.74, 6) is -1.42. The highest BCUT2D eigenvalue weighted by atomic mass is 19.1. The lowest BCUT2D eigenvalue weighted by atomic mass is 10.1. The number of rotatable bonds is 2. The lowest BCUT2D eigenvalue weighted by molar-refractivity contribution is -0.129. The fraction of sp³-hybridized carbons (Fsp3) is 0.667. The SMILES string of the molecule is C=C(F)C(=O)N1CCC(NC)CC1. The molecule has 0 aliphatic carbocycles. The van der Waals surface area contributed by atoms with Gasteiger partial charge in [-0.2, -0.15) is 0 Å². The van der Waals surface area contributed by atoms with Gasteiger partial charge in [0.1, 0.15) is 0 Å². The summed E-state index contributed by atoms with van der Waals surface area (Å²) >= 11 is 0. The molecule has 1 aliphatic rings. The summed E-state index contributed by atoms with van der Waals surface area (Å²) in [5, 5.41) is 3.14. The van der Waals surface area contributed by atoms with Crippen molar-refractivity contribution in [3.05, 3.63) is 12.4 Å². The number of carbonyl (C=O) groups is 1. The molecule has 3 nitrogen and oxygen atoms in total. The maximum atomic E-state index is 12.5. The summed E-state index contributed by atoms with van der Waals surface area (Å²) in [6.45, 7) is 4.23. The highest BCUT2D eigenvalue weighted by molar-refractivity contribution is 5.90. The van der Waals surface area contributed by atoms with E-state index in [2.05, 4.69) is 11.9 Å². The van der Waals surface area contributed by atoms with E-state index < -0.39 is 11.7 Å². The van der Waals surface area contributed by atoms with Crippen LogP contribution in [0, 0.1) is 0 Å². The summed E-state index contributed by atoms with van der Waals surface area (Å²) in [5.41, 5.74) is 0. The maximum Gasteiger partial charge on any atom is 0.281 e. The van der Waals surface area contributed by atoms with Crippen molar-refractivity contribution >= 4 is 5.91 Å². The van der Waals surface area contributed by atoms with Crippen LogP contribution in [0.1, 0.15) is 12.8 Å². The van der Waals surface area contributed by atoms with Gasteiger partial charge in [-0.3, -0.25) is 4.79 Å². The molecule has 0 spiro atoms. The van der Waals surface area contributed by atoms with Crippen LogP contribution >= 0.6 is 0 Å². The molecular formula is C9H15FN2O. The quantitative estimate of drug-likeness (QED) is 0.643. The number of hydrogen-bond donors (Lipinski definition) is 1. The molecule has 74 valence electrons. The topological polar surface area (TPSA) is 32.3 Å². The summed E-state index contributed by atoms with van der Waals surface area (Å²) in [4.78, 5) is 12.6. The van der Waals surface area contributed by atoms with Crippen LogP contribution < -0.4 is 5.32 Å². The van der Waals surface area contributed by atoms with Crippen LogP contribution in [0.2, 0.25) is 0 Å². The van der Waals surface area contributed by atoms with E-state index in [-0.39, 0.29) is 0 Å². The zero-order chi connectivity index (χ0) is 9.84. The summed E-state index contributed by atoms with van der Waals surface area (Å²) in [6.07, 6.45) is 1.77. The minimum absolute atomic E-state index is 0.455. The largest absolute Gasteiger partial charge is 0.337 e. The van der Waals surface area contributed by atoms with Crippen molar-refractivity contribution in [2.45, 2.75) is 18.9 Å². The summed E-state index contributed by atoms with van der Waals surface area (Å²) < 4.78 is 12.5. The molecule has 0 aromatic carbocycles. The predicted octanol–water partition coefficient (Wildman–Crippen LogP) is 0.680. The molecule has 0 radical (unpaired) electrons. The predicted molar refractivity (Wildman–Crippen MR) is 48.9 cm³/mol. The minimum atomic E-state index is -0.858. The second-order valence-corrected chi connectivity index (χ2v) is 3.26. The summed E-state index contributed by atoms with van der Waals surface area (Å²) in [6, 6.07) is 0.455. The van der Waals surface area contributed by atoms with Gasteiger partial charge >= 0.3 is 0 Å². The maximum absolute atomic E-state index is 12.5. The van der Waals surface area contributed by atoms with Crippen molar-refractivity contribution in [3.63, 3.8) is 0 Å². The van der Waals surface area contributed by atoms with E-state index in [1.807, 2.05) is 7.05 Å². The van der Waals surface area contributed by atoms with Gasteiger partial charge in [0.05, 0.1) is 0 Å². The van der Waals surface area contributed by atoms with Crippen molar-refractivity contribution in [2.24, 2.45) is 0 Å². The van der Waals surface area contributed by atoms with E-state index in [4.69, 9.17) is 0 Å². The first-order chi connectivity index (χ1) is 6.15. The molecule has 1 N–H and O–H groups in total. The Morgan fingerprint density at radius 3 is 2.46 bits per heavy atom. The summed E-state index contributed by atoms with van der Waals surface area (Å²) in [7, 11) is 1.90. The molecule has 1 fully saturated rings. The number of piperidine rings is 1. The number of halogens is 1. The van der Waals surface area contributed by atoms with Crippen molar-refractivity contribution < 1.29 is 9.18 Å². The second kappa shape index (κ2) is 4.37. The highest BCUT2D eigenvalue weighted by Crippen LogP contribution is 2.12. The number of carbonyl (C=O) groups excluding carboxylic acids is 1. The van der Waals surface area contributed by atoms with E-state index >= 15 is 0 Å². The lowest BCUT2D eigenvalue weighted by Gasteiger charge is -2.31. The van der Waals surface area contributed by atoms with Crippen LogP contribution in [0.25, 0.3) is 0 Å². The van der Waals surface area contributed by atoms with Gasteiger partial charge in [0.2, 0.25) is 0 Å². The molecule has 0 atom stereocenters. The molecule has 0 aromatic rings. The molecule has 0 saturated carbocycles. The van der Waals surface area contributed by atoms with E-state index in [0.717, 1.165) is 12.8 Å². The van der Waals surface area contributed by atoms with Crippen molar-refractivity contribution in [1.29, 1.82) is 0 Å². The van der Waals surface area contributed by atoms with Gasteiger partial charge in [-0.25, -0.2) is 4.39 Å². The Labute approximate surface area is 77.6 Å². The standard InChI is InChI=1S/C9H15FN2O/c1-7(10)9(13)12-5-3-8(11-2)4-6-12/h8,11H,1,3-6H2,2H3. The molecule has 0 aromatic heterocycles. The fourth-order valence-corrected chi connectivity index (χ4v) is 1.54. The first kappa shape index (κ1) is 10.2. The van der Waals surface area contributed by atoms with Crippen molar-refractivity contribution in [3.8, 4) is 0 Å². The normalized spacial score (nSPS) is 18.8. The smallest absolute Gasteiger partial charge is 0.281 e. The molecule has 0 unspecified atom stereocenters. The average Bonchev–Trinajstić information content (AvgIpc) is 2.17. The third kappa shape index (κ3) is 2.52. The Hall–Kier alpha value is -0.900. The number of hydrogen-bond acceptors (Lipinski definition) is 2. The Balaban J connectivity index is 2.41. The Bertz CT molecular complexity index is 210. The van der Waals surface area contributed by atoms with Crippen molar-refractivity contribution in [2.75, 3.05) is 20.1 Å². The first-order valence-electron chi connectivity index (χ1n) is 4.46. The second-order valence-electron chi connectivity index (χ2n) is 3.26. The Morgan fingerprint density at radius 1 is 1.54 bits per heavy atom. The van der Waals surface area contributed by atoms with Gasteiger partial charge in [-0.05, 0) is 19.9 Å². The molecular weight excluding hydrogens is 171 g/mol. The lowest BCUT2D eigenvalue weighted by Crippen LogP contribution is -2.44. The van der Waals surface area contributed by atoms with E-state index in [1.165, 1.54) is 4.90 Å². The van der Waals surface area contributed by atoms with E-state index in [9.17, 15) is 9.18 Å². The van der Waals surface area contributed by atoms with Gasteiger partial charge in [0.25, 0.3) is 5.91 Å². The van der Waals surface area contributed by atoms with Crippen LogP contribution in [-0.2, 0) is 4.79 Å². The molecule has 0 bridgehead atoms. The van der Waals surface area contributed by atoms with Gasteiger partial charge in [0.15, 0.2) is 5.83 Å². The molecule has 1 amide bonds. The zero-order valence-electron chi connectivity index (χ0n) is 7.85. The molecule has 4 heteroatoms. The van der Waals surface area contributed by atoms with Crippen LogP contribution in [-0.4, -0.2) is 37.0 Å². The van der Waals surface area contributed by atoms with Crippen LogP contribution in [0.15, 0.2) is 12.4 Å². The Kier molecular flexibility index (Phi) is 3.42. The highest BCUT2D eigenvalue weighted by Gasteiger charge is 2.22. The third-order valence-electron chi connectivity index (χ3n) is 2.42. The first-order valence-corrected chi connectivity index (χ1v) is 4.46. The van der Waals surface area contributed by atoms with E-state index in [0.29, 0.717) is 19.1 Å². The average molecular weight is 186 g/mol. The van der Waals surface area contributed by atoms with Crippen LogP contribution in [0.3, 0.4) is 0 Å². The number of nitrogens with zero attached hydrogens (tertiary/aromatic N) is 1. The number of nitrogens with one attached hydrogen (secondary N) is 1. The zero-order valence-corrected chi connectivity index (χ0v) is 7.85. The van der Waals surface area contributed by atoms with Crippen molar-refractivity contribution in [1.82, 2.24) is 10.2 Å².